The number of halogens is 2. The van der Waals surface area contributed by atoms with Gasteiger partial charge in [-0.25, -0.2) is 8.78 Å². The van der Waals surface area contributed by atoms with E-state index in [-0.39, 0.29) is 18.2 Å². The van der Waals surface area contributed by atoms with Crippen molar-refractivity contribution in [3.05, 3.63) is 65.7 Å². The standard InChI is InChI=1S/C20H25F2N3O/c1-2-16(17-9-8-14(21)12-18(17)22)19(23)13-20(26)25-11-10-24-15-6-4-3-5-7-15/h3-9,12,16,19,24H,2,10-11,13,23H2,1H3,(H,25,26). The van der Waals surface area contributed by atoms with Crippen molar-refractivity contribution < 1.29 is 13.6 Å². The lowest BCUT2D eigenvalue weighted by molar-refractivity contribution is -0.121. The van der Waals surface area contributed by atoms with E-state index in [1.54, 1.807) is 0 Å². The van der Waals surface area contributed by atoms with Crippen LogP contribution in [0.3, 0.4) is 0 Å². The second-order valence-electron chi connectivity index (χ2n) is 6.19. The fourth-order valence-corrected chi connectivity index (χ4v) is 2.95. The van der Waals surface area contributed by atoms with E-state index in [0.29, 0.717) is 25.1 Å². The summed E-state index contributed by atoms with van der Waals surface area (Å²) in [4.78, 5) is 12.1. The molecule has 2 atom stereocenters. The fourth-order valence-electron chi connectivity index (χ4n) is 2.95. The van der Waals surface area contributed by atoms with Crippen molar-refractivity contribution >= 4 is 11.6 Å². The summed E-state index contributed by atoms with van der Waals surface area (Å²) in [5, 5.41) is 6.00. The van der Waals surface area contributed by atoms with E-state index in [0.717, 1.165) is 11.8 Å². The molecule has 140 valence electrons. The maximum atomic E-state index is 14.0. The van der Waals surface area contributed by atoms with Crippen LogP contribution in [0.2, 0.25) is 0 Å². The van der Waals surface area contributed by atoms with E-state index in [1.807, 2.05) is 37.3 Å². The van der Waals surface area contributed by atoms with Crippen LogP contribution in [0, 0.1) is 11.6 Å². The largest absolute Gasteiger partial charge is 0.383 e. The molecule has 2 aromatic rings. The summed E-state index contributed by atoms with van der Waals surface area (Å²) in [6.07, 6.45) is 0.646. The molecule has 6 heteroatoms. The van der Waals surface area contributed by atoms with Crippen LogP contribution < -0.4 is 16.4 Å². The van der Waals surface area contributed by atoms with Crippen molar-refractivity contribution in [3.8, 4) is 0 Å². The van der Waals surface area contributed by atoms with Crippen LogP contribution in [0.4, 0.5) is 14.5 Å². The third kappa shape index (κ3) is 5.81. The lowest BCUT2D eigenvalue weighted by Crippen LogP contribution is -2.37. The molecule has 0 fully saturated rings. The van der Waals surface area contributed by atoms with E-state index in [4.69, 9.17) is 5.73 Å². The molecule has 2 unspecified atom stereocenters. The summed E-state index contributed by atoms with van der Waals surface area (Å²) in [5.74, 6) is -1.78. The Kier molecular flexibility index (Phi) is 7.53. The van der Waals surface area contributed by atoms with Crippen molar-refractivity contribution in [2.45, 2.75) is 31.7 Å². The van der Waals surface area contributed by atoms with Gasteiger partial charge in [0.25, 0.3) is 0 Å². The highest BCUT2D eigenvalue weighted by Crippen LogP contribution is 2.27. The van der Waals surface area contributed by atoms with Gasteiger partial charge in [0.05, 0.1) is 0 Å². The molecule has 0 radical (unpaired) electrons. The number of hydrogen-bond donors (Lipinski definition) is 3. The minimum absolute atomic E-state index is 0.0840. The third-order valence-corrected chi connectivity index (χ3v) is 4.29. The number of rotatable bonds is 9. The van der Waals surface area contributed by atoms with Crippen LogP contribution in [0.1, 0.15) is 31.2 Å². The number of carbonyl (C=O) groups is 1. The first-order valence-electron chi connectivity index (χ1n) is 8.77. The molecule has 0 saturated carbocycles. The van der Waals surface area contributed by atoms with Crippen LogP contribution >= 0.6 is 0 Å². The Morgan fingerprint density at radius 3 is 2.50 bits per heavy atom. The monoisotopic (exact) mass is 361 g/mol. The molecule has 0 aliphatic heterocycles. The maximum absolute atomic E-state index is 14.0. The molecular weight excluding hydrogens is 336 g/mol. The molecule has 0 saturated heterocycles. The molecular formula is C20H25F2N3O. The van der Waals surface area contributed by atoms with Crippen LogP contribution in [-0.4, -0.2) is 25.0 Å². The van der Waals surface area contributed by atoms with Gasteiger partial charge in [-0.05, 0) is 30.2 Å². The predicted octanol–water partition coefficient (Wildman–Crippen LogP) is 3.40. The Bertz CT molecular complexity index is 709. The van der Waals surface area contributed by atoms with E-state index < -0.39 is 17.7 Å². The molecule has 0 aromatic heterocycles. The predicted molar refractivity (Wildman–Crippen MR) is 99.9 cm³/mol. The summed E-state index contributed by atoms with van der Waals surface area (Å²) in [6, 6.07) is 12.6. The number of amides is 1. The highest BCUT2D eigenvalue weighted by Gasteiger charge is 2.23. The van der Waals surface area contributed by atoms with Gasteiger partial charge in [0.2, 0.25) is 5.91 Å². The smallest absolute Gasteiger partial charge is 0.221 e. The first-order valence-corrected chi connectivity index (χ1v) is 8.77. The highest BCUT2D eigenvalue weighted by molar-refractivity contribution is 5.76. The van der Waals surface area contributed by atoms with E-state index >= 15 is 0 Å². The molecule has 0 aliphatic rings. The zero-order chi connectivity index (χ0) is 18.9. The molecule has 2 rings (SSSR count). The van der Waals surface area contributed by atoms with Gasteiger partial charge in [0.1, 0.15) is 11.6 Å². The summed E-state index contributed by atoms with van der Waals surface area (Å²) in [5.41, 5.74) is 7.46. The Hall–Kier alpha value is -2.47. The van der Waals surface area contributed by atoms with Crippen LogP contribution in [-0.2, 0) is 4.79 Å². The van der Waals surface area contributed by atoms with Crippen molar-refractivity contribution in [2.75, 3.05) is 18.4 Å². The second-order valence-corrected chi connectivity index (χ2v) is 6.19. The molecule has 2 aromatic carbocycles. The minimum Gasteiger partial charge on any atom is -0.383 e. The molecule has 0 bridgehead atoms. The van der Waals surface area contributed by atoms with E-state index in [9.17, 15) is 13.6 Å². The Morgan fingerprint density at radius 2 is 1.85 bits per heavy atom. The zero-order valence-corrected chi connectivity index (χ0v) is 14.8. The Labute approximate surface area is 152 Å². The Balaban J connectivity index is 1.81. The van der Waals surface area contributed by atoms with Gasteiger partial charge in [0, 0.05) is 43.2 Å². The molecule has 0 aliphatic carbocycles. The lowest BCUT2D eigenvalue weighted by Gasteiger charge is -2.23. The fraction of sp³-hybridized carbons (Fsp3) is 0.350. The molecule has 0 spiro atoms. The highest BCUT2D eigenvalue weighted by atomic mass is 19.1. The van der Waals surface area contributed by atoms with Crippen LogP contribution in [0.15, 0.2) is 48.5 Å². The number of anilines is 1. The third-order valence-electron chi connectivity index (χ3n) is 4.29. The molecule has 0 heterocycles. The number of nitrogens with one attached hydrogen (secondary N) is 2. The number of hydrogen-bond acceptors (Lipinski definition) is 3. The lowest BCUT2D eigenvalue weighted by atomic mass is 9.87. The first-order chi connectivity index (χ1) is 12.5. The number of para-hydroxylation sites is 1. The minimum atomic E-state index is -0.627. The SMILES string of the molecule is CCC(c1ccc(F)cc1F)C(N)CC(=O)NCCNc1ccccc1. The molecule has 4 nitrogen and oxygen atoms in total. The summed E-state index contributed by atoms with van der Waals surface area (Å²) in [7, 11) is 0. The van der Waals surface area contributed by atoms with Crippen molar-refractivity contribution in [3.63, 3.8) is 0 Å². The second kappa shape index (κ2) is 9.87. The zero-order valence-electron chi connectivity index (χ0n) is 14.8. The van der Waals surface area contributed by atoms with Gasteiger partial charge < -0.3 is 16.4 Å². The average Bonchev–Trinajstić information content (AvgIpc) is 2.62. The van der Waals surface area contributed by atoms with Gasteiger partial charge in [-0.3, -0.25) is 4.79 Å². The van der Waals surface area contributed by atoms with E-state index in [2.05, 4.69) is 10.6 Å². The van der Waals surface area contributed by atoms with Crippen LogP contribution in [0.25, 0.3) is 0 Å². The number of carbonyl (C=O) groups excluding carboxylic acids is 1. The van der Waals surface area contributed by atoms with Crippen molar-refractivity contribution in [1.82, 2.24) is 5.32 Å². The molecule has 26 heavy (non-hydrogen) atoms. The quantitative estimate of drug-likeness (QED) is 0.600. The van der Waals surface area contributed by atoms with Crippen molar-refractivity contribution in [1.29, 1.82) is 0 Å². The van der Waals surface area contributed by atoms with Gasteiger partial charge in [-0.15, -0.1) is 0 Å². The first kappa shape index (κ1) is 19.8. The Morgan fingerprint density at radius 1 is 1.12 bits per heavy atom. The molecule has 1 amide bonds. The number of nitrogens with two attached hydrogens (primary N) is 1. The van der Waals surface area contributed by atoms with Gasteiger partial charge >= 0.3 is 0 Å². The number of benzene rings is 2. The summed E-state index contributed by atoms with van der Waals surface area (Å²) < 4.78 is 27.1. The summed E-state index contributed by atoms with van der Waals surface area (Å²) in [6.45, 7) is 2.92. The van der Waals surface area contributed by atoms with Crippen molar-refractivity contribution in [2.24, 2.45) is 5.73 Å². The average molecular weight is 361 g/mol. The normalized spacial score (nSPS) is 13.1. The summed E-state index contributed by atoms with van der Waals surface area (Å²) >= 11 is 0. The van der Waals surface area contributed by atoms with E-state index in [1.165, 1.54) is 12.1 Å². The maximum Gasteiger partial charge on any atom is 0.221 e. The van der Waals surface area contributed by atoms with Gasteiger partial charge in [-0.2, -0.15) is 0 Å². The van der Waals surface area contributed by atoms with Crippen LogP contribution in [0.5, 0.6) is 0 Å². The molecule has 4 N–H and O–H groups in total. The topological polar surface area (TPSA) is 67.2 Å². The van der Waals surface area contributed by atoms with Gasteiger partial charge in [-0.1, -0.05) is 31.2 Å². The van der Waals surface area contributed by atoms with Gasteiger partial charge in [0.15, 0.2) is 0 Å².